The van der Waals surface area contributed by atoms with Crippen molar-refractivity contribution in [3.8, 4) is 0 Å². The fraction of sp³-hybridized carbons (Fsp3) is 0.400. The van der Waals surface area contributed by atoms with Crippen LogP contribution in [0.3, 0.4) is 0 Å². The van der Waals surface area contributed by atoms with E-state index in [0.717, 1.165) is 31.6 Å². The molecular weight excluding hydrogens is 284 g/mol. The van der Waals surface area contributed by atoms with Crippen LogP contribution in [0.1, 0.15) is 31.4 Å². The topological polar surface area (TPSA) is 35.5 Å². The summed E-state index contributed by atoms with van der Waals surface area (Å²) in [5.74, 6) is 0. The van der Waals surface area contributed by atoms with E-state index in [0.29, 0.717) is 12.6 Å². The number of aliphatic hydroxyl groups is 1. The highest BCUT2D eigenvalue weighted by molar-refractivity contribution is 5.42. The quantitative estimate of drug-likeness (QED) is 0.884. The minimum absolute atomic E-state index is 0.405. The highest BCUT2D eigenvalue weighted by Crippen LogP contribution is 2.29. The Hall–Kier alpha value is -1.84. The van der Waals surface area contributed by atoms with Crippen LogP contribution < -0.4 is 5.32 Å². The van der Waals surface area contributed by atoms with Crippen LogP contribution in [0.2, 0.25) is 0 Å². The molecule has 2 aromatic rings. The normalized spacial score (nSPS) is 19.2. The monoisotopic (exact) mass is 310 g/mol. The first-order chi connectivity index (χ1) is 11.2. The number of rotatable bonds is 5. The van der Waals surface area contributed by atoms with Crippen LogP contribution in [0.25, 0.3) is 0 Å². The predicted octanol–water partition coefficient (Wildman–Crippen LogP) is 3.69. The van der Waals surface area contributed by atoms with Gasteiger partial charge in [0, 0.05) is 31.4 Å². The molecule has 1 atom stereocenters. The van der Waals surface area contributed by atoms with Gasteiger partial charge in [0.2, 0.25) is 0 Å². The summed E-state index contributed by atoms with van der Waals surface area (Å²) in [5, 5.41) is 14.2. The van der Waals surface area contributed by atoms with Gasteiger partial charge in [-0.25, -0.2) is 0 Å². The van der Waals surface area contributed by atoms with E-state index in [1.807, 2.05) is 30.3 Å². The summed E-state index contributed by atoms with van der Waals surface area (Å²) in [7, 11) is 0. The fourth-order valence-corrected chi connectivity index (χ4v) is 3.27. The molecule has 0 saturated carbocycles. The van der Waals surface area contributed by atoms with Crippen LogP contribution in [0.15, 0.2) is 60.7 Å². The lowest BCUT2D eigenvalue weighted by Gasteiger charge is -2.41. The number of piperidine rings is 1. The second kappa shape index (κ2) is 7.16. The lowest BCUT2D eigenvalue weighted by atomic mass is 9.90. The molecule has 0 spiro atoms. The maximum atomic E-state index is 10.8. The molecule has 0 radical (unpaired) electrons. The predicted molar refractivity (Wildman–Crippen MR) is 95.5 cm³/mol. The number of nitrogens with one attached hydrogen (secondary N) is 1. The van der Waals surface area contributed by atoms with Gasteiger partial charge < -0.3 is 10.4 Å². The number of benzene rings is 2. The van der Waals surface area contributed by atoms with Gasteiger partial charge in [-0.15, -0.1) is 0 Å². The Bertz CT molecular complexity index is 592. The third-order valence-electron chi connectivity index (χ3n) is 4.95. The summed E-state index contributed by atoms with van der Waals surface area (Å²) in [5.41, 5.74) is 1.81. The summed E-state index contributed by atoms with van der Waals surface area (Å²) in [6, 6.07) is 21.1. The number of para-hydroxylation sites is 1. The molecule has 1 unspecified atom stereocenters. The zero-order chi connectivity index (χ0) is 16.1. The molecule has 3 heteroatoms. The third kappa shape index (κ3) is 4.12. The largest absolute Gasteiger partial charge is 0.388 e. The molecule has 0 aliphatic carbocycles. The van der Waals surface area contributed by atoms with Gasteiger partial charge >= 0.3 is 0 Å². The third-order valence-corrected chi connectivity index (χ3v) is 4.95. The molecule has 0 bridgehead atoms. The Morgan fingerprint density at radius 2 is 1.57 bits per heavy atom. The second-order valence-corrected chi connectivity index (χ2v) is 6.57. The van der Waals surface area contributed by atoms with Crippen molar-refractivity contribution in [1.29, 1.82) is 0 Å². The van der Waals surface area contributed by atoms with Crippen molar-refractivity contribution in [2.75, 3.05) is 25.0 Å². The number of anilines is 1. The summed E-state index contributed by atoms with van der Waals surface area (Å²) >= 11 is 0. The van der Waals surface area contributed by atoms with Gasteiger partial charge in [0.25, 0.3) is 0 Å². The van der Waals surface area contributed by atoms with E-state index < -0.39 is 5.60 Å². The molecular formula is C20H26N2O. The van der Waals surface area contributed by atoms with Gasteiger partial charge in [0.1, 0.15) is 0 Å². The van der Waals surface area contributed by atoms with Crippen LogP contribution >= 0.6 is 0 Å². The number of likely N-dealkylation sites (tertiary alicyclic amines) is 1. The lowest BCUT2D eigenvalue weighted by Crippen LogP contribution is -2.48. The van der Waals surface area contributed by atoms with Gasteiger partial charge in [-0.1, -0.05) is 48.5 Å². The van der Waals surface area contributed by atoms with E-state index in [4.69, 9.17) is 0 Å². The molecule has 122 valence electrons. The van der Waals surface area contributed by atoms with Crippen LogP contribution in [0.5, 0.6) is 0 Å². The Morgan fingerprint density at radius 1 is 1.00 bits per heavy atom. The maximum absolute atomic E-state index is 10.8. The molecule has 1 saturated heterocycles. The molecule has 3 nitrogen and oxygen atoms in total. The van der Waals surface area contributed by atoms with Gasteiger partial charge in [-0.2, -0.15) is 0 Å². The molecule has 0 amide bonds. The van der Waals surface area contributed by atoms with Crippen LogP contribution in [0.4, 0.5) is 5.69 Å². The number of hydrogen-bond acceptors (Lipinski definition) is 3. The van der Waals surface area contributed by atoms with Crippen molar-refractivity contribution in [3.63, 3.8) is 0 Å². The van der Waals surface area contributed by atoms with Gasteiger partial charge in [-0.05, 0) is 37.5 Å². The summed E-state index contributed by atoms with van der Waals surface area (Å²) in [6.45, 7) is 4.73. The van der Waals surface area contributed by atoms with Gasteiger partial charge in [0.05, 0.1) is 5.60 Å². The van der Waals surface area contributed by atoms with Crippen molar-refractivity contribution in [3.05, 3.63) is 66.2 Å². The molecule has 1 aliphatic heterocycles. The van der Waals surface area contributed by atoms with Crippen molar-refractivity contribution in [2.24, 2.45) is 0 Å². The zero-order valence-corrected chi connectivity index (χ0v) is 13.8. The van der Waals surface area contributed by atoms with E-state index in [1.165, 1.54) is 5.56 Å². The Kier molecular flexibility index (Phi) is 4.99. The molecule has 1 fully saturated rings. The number of nitrogens with zero attached hydrogens (tertiary/aromatic N) is 1. The molecule has 3 rings (SSSR count). The Labute approximate surface area is 139 Å². The summed E-state index contributed by atoms with van der Waals surface area (Å²) in [4.78, 5) is 2.46. The number of hydrogen-bond donors (Lipinski definition) is 2. The highest BCUT2D eigenvalue weighted by Gasteiger charge is 2.33. The van der Waals surface area contributed by atoms with Crippen LogP contribution in [0, 0.1) is 0 Å². The molecule has 1 heterocycles. The van der Waals surface area contributed by atoms with Crippen molar-refractivity contribution < 1.29 is 5.11 Å². The van der Waals surface area contributed by atoms with Crippen molar-refractivity contribution in [1.82, 2.24) is 4.90 Å². The highest BCUT2D eigenvalue weighted by atomic mass is 16.3. The summed E-state index contributed by atoms with van der Waals surface area (Å²) < 4.78 is 0. The average molecular weight is 310 g/mol. The molecule has 2 N–H and O–H groups in total. The second-order valence-electron chi connectivity index (χ2n) is 6.57. The minimum atomic E-state index is -0.608. The first kappa shape index (κ1) is 16.0. The Balaban J connectivity index is 1.53. The van der Waals surface area contributed by atoms with Crippen molar-refractivity contribution in [2.45, 2.75) is 31.4 Å². The van der Waals surface area contributed by atoms with Gasteiger partial charge in [0.15, 0.2) is 0 Å². The first-order valence-electron chi connectivity index (χ1n) is 8.47. The van der Waals surface area contributed by atoms with Gasteiger partial charge in [-0.3, -0.25) is 4.90 Å². The van der Waals surface area contributed by atoms with Crippen LogP contribution in [-0.2, 0) is 0 Å². The first-order valence-corrected chi connectivity index (χ1v) is 8.47. The molecule has 0 aromatic heterocycles. The Morgan fingerprint density at radius 3 is 2.17 bits per heavy atom. The van der Waals surface area contributed by atoms with E-state index in [-0.39, 0.29) is 0 Å². The smallest absolute Gasteiger partial charge is 0.0843 e. The van der Waals surface area contributed by atoms with Crippen LogP contribution in [-0.4, -0.2) is 35.2 Å². The fourth-order valence-electron chi connectivity index (χ4n) is 3.27. The standard InChI is InChI=1S/C20H26N2O/c1-17(18-8-4-2-5-9-18)22-14-12-20(23,13-15-22)16-21-19-10-6-3-7-11-19/h2-11,17,21,23H,12-16H2,1H3. The molecule has 2 aromatic carbocycles. The minimum Gasteiger partial charge on any atom is -0.388 e. The van der Waals surface area contributed by atoms with E-state index >= 15 is 0 Å². The SMILES string of the molecule is CC(c1ccccc1)N1CCC(O)(CNc2ccccc2)CC1. The average Bonchev–Trinajstić information content (AvgIpc) is 2.62. The lowest BCUT2D eigenvalue weighted by molar-refractivity contribution is -0.0193. The molecule has 1 aliphatic rings. The van der Waals surface area contributed by atoms with Crippen molar-refractivity contribution >= 4 is 5.69 Å². The van der Waals surface area contributed by atoms with E-state index in [1.54, 1.807) is 0 Å². The van der Waals surface area contributed by atoms with E-state index in [2.05, 4.69) is 47.5 Å². The van der Waals surface area contributed by atoms with E-state index in [9.17, 15) is 5.11 Å². The maximum Gasteiger partial charge on any atom is 0.0843 e. The molecule has 23 heavy (non-hydrogen) atoms. The summed E-state index contributed by atoms with van der Waals surface area (Å²) in [6.07, 6.45) is 1.62. The zero-order valence-electron chi connectivity index (χ0n) is 13.8.